The molecule has 2 N–H and O–H groups in total. The van der Waals surface area contributed by atoms with E-state index >= 15 is 0 Å². The van der Waals surface area contributed by atoms with Crippen LogP contribution >= 0.6 is 15.9 Å². The maximum Gasteiger partial charge on any atom is 0.374 e. The third-order valence-electron chi connectivity index (χ3n) is 3.60. The Morgan fingerprint density at radius 2 is 2.08 bits per heavy atom. The molecule has 136 valence electrons. The molecule has 0 spiro atoms. The molecule has 2 aromatic rings. The summed E-state index contributed by atoms with van der Waals surface area (Å²) in [6.45, 7) is 6.66. The fraction of sp³-hybridized carbons (Fsp3) is 0.444. The van der Waals surface area contributed by atoms with Crippen molar-refractivity contribution >= 4 is 38.8 Å². The highest BCUT2D eigenvalue weighted by Crippen LogP contribution is 2.28. The number of hydrogen-bond donors (Lipinski definition) is 2. The number of nitrogens with one attached hydrogen (secondary N) is 2. The van der Waals surface area contributed by atoms with E-state index in [1.54, 1.807) is 6.92 Å². The van der Waals surface area contributed by atoms with Crippen molar-refractivity contribution in [2.45, 2.75) is 33.4 Å². The summed E-state index contributed by atoms with van der Waals surface area (Å²) in [5.74, 6) is -0.304. The molecule has 0 aliphatic carbocycles. The van der Waals surface area contributed by atoms with Gasteiger partial charge in [-0.15, -0.1) is 0 Å². The van der Waals surface area contributed by atoms with Crippen LogP contribution in [0, 0.1) is 0 Å². The van der Waals surface area contributed by atoms with Gasteiger partial charge in [-0.25, -0.2) is 4.79 Å². The minimum atomic E-state index is -0.482. The van der Waals surface area contributed by atoms with Crippen molar-refractivity contribution < 1.29 is 23.6 Å². The monoisotopic (exact) mass is 411 g/mol. The highest BCUT2D eigenvalue weighted by Gasteiger charge is 2.25. The molecule has 7 heteroatoms. The van der Waals surface area contributed by atoms with E-state index in [-0.39, 0.29) is 24.3 Å². The largest absolute Gasteiger partial charge is 0.460 e. The molecular weight excluding hydrogens is 388 g/mol. The fourth-order valence-electron chi connectivity index (χ4n) is 2.67. The van der Waals surface area contributed by atoms with E-state index in [2.05, 4.69) is 21.2 Å². The summed E-state index contributed by atoms with van der Waals surface area (Å²) in [4.78, 5) is 25.2. The van der Waals surface area contributed by atoms with Gasteiger partial charge in [0, 0.05) is 15.9 Å². The van der Waals surface area contributed by atoms with E-state index in [9.17, 15) is 9.59 Å². The molecule has 0 aliphatic rings. The lowest BCUT2D eigenvalue weighted by Gasteiger charge is -2.15. The average molecular weight is 412 g/mol. The molecule has 0 saturated carbocycles. The minimum absolute atomic E-state index is 0.0286. The molecular formula is C18H24BrN2O4+. The first kappa shape index (κ1) is 19.5. The van der Waals surface area contributed by atoms with Crippen LogP contribution in [0.3, 0.4) is 0 Å². The first-order valence-electron chi connectivity index (χ1n) is 8.30. The Bertz CT molecular complexity index is 770. The SMILES string of the molecule is CCOC(=O)c1oc2ccc(Br)cc2c1C[NH+](C)CC(=O)NC(C)C. The second kappa shape index (κ2) is 8.49. The van der Waals surface area contributed by atoms with E-state index in [4.69, 9.17) is 9.15 Å². The molecule has 6 nitrogen and oxygen atoms in total. The van der Waals surface area contributed by atoms with Gasteiger partial charge in [-0.3, -0.25) is 4.79 Å². The van der Waals surface area contributed by atoms with Crippen LogP contribution in [0.2, 0.25) is 0 Å². The Hall–Kier alpha value is -1.86. The summed E-state index contributed by atoms with van der Waals surface area (Å²) in [6.07, 6.45) is 0. The molecule has 1 heterocycles. The lowest BCUT2D eigenvalue weighted by atomic mass is 10.1. The zero-order valence-corrected chi connectivity index (χ0v) is 16.5. The van der Waals surface area contributed by atoms with Gasteiger partial charge < -0.3 is 19.4 Å². The zero-order valence-electron chi connectivity index (χ0n) is 14.9. The highest BCUT2D eigenvalue weighted by atomic mass is 79.9. The Balaban J connectivity index is 2.30. The van der Waals surface area contributed by atoms with Crippen molar-refractivity contribution in [1.29, 1.82) is 0 Å². The lowest BCUT2D eigenvalue weighted by molar-refractivity contribution is -0.885. The van der Waals surface area contributed by atoms with Gasteiger partial charge in [0.1, 0.15) is 12.1 Å². The van der Waals surface area contributed by atoms with Crippen molar-refractivity contribution in [2.75, 3.05) is 20.2 Å². The third kappa shape index (κ3) is 5.06. The van der Waals surface area contributed by atoms with Crippen molar-refractivity contribution in [2.24, 2.45) is 0 Å². The first-order chi connectivity index (χ1) is 11.8. The number of furan rings is 1. The van der Waals surface area contributed by atoms with Crippen LogP contribution in [0.1, 0.15) is 36.9 Å². The number of esters is 1. The fourth-order valence-corrected chi connectivity index (χ4v) is 3.03. The van der Waals surface area contributed by atoms with Crippen LogP contribution in [0.25, 0.3) is 11.0 Å². The number of rotatable bonds is 7. The maximum absolute atomic E-state index is 12.3. The maximum atomic E-state index is 12.3. The zero-order chi connectivity index (χ0) is 18.6. The van der Waals surface area contributed by atoms with Gasteiger partial charge in [0.2, 0.25) is 5.76 Å². The van der Waals surface area contributed by atoms with E-state index in [0.717, 1.165) is 20.3 Å². The van der Waals surface area contributed by atoms with E-state index < -0.39 is 5.97 Å². The summed E-state index contributed by atoms with van der Waals surface area (Å²) in [7, 11) is 1.91. The number of carbonyl (C=O) groups is 2. The lowest BCUT2D eigenvalue weighted by Crippen LogP contribution is -3.09. The van der Waals surface area contributed by atoms with Crippen molar-refractivity contribution in [1.82, 2.24) is 5.32 Å². The van der Waals surface area contributed by atoms with Crippen molar-refractivity contribution in [3.05, 3.63) is 34.0 Å². The van der Waals surface area contributed by atoms with Gasteiger partial charge in [-0.05, 0) is 39.0 Å². The molecule has 1 amide bonds. The predicted molar refractivity (Wildman–Crippen MR) is 98.6 cm³/mol. The summed E-state index contributed by atoms with van der Waals surface area (Å²) < 4.78 is 11.7. The second-order valence-electron chi connectivity index (χ2n) is 6.30. The van der Waals surface area contributed by atoms with Gasteiger partial charge in [-0.2, -0.15) is 0 Å². The van der Waals surface area contributed by atoms with Crippen LogP contribution in [-0.4, -0.2) is 38.1 Å². The van der Waals surface area contributed by atoms with Crippen LogP contribution < -0.4 is 10.2 Å². The first-order valence-corrected chi connectivity index (χ1v) is 9.09. The molecule has 0 saturated heterocycles. The summed E-state index contributed by atoms with van der Waals surface area (Å²) >= 11 is 3.45. The number of quaternary nitrogens is 1. The number of likely N-dealkylation sites (N-methyl/N-ethyl adjacent to an activating group) is 1. The smallest absolute Gasteiger partial charge is 0.374 e. The summed E-state index contributed by atoms with van der Waals surface area (Å²) in [5.41, 5.74) is 1.38. The van der Waals surface area contributed by atoms with E-state index in [0.29, 0.717) is 18.7 Å². The molecule has 0 bridgehead atoms. The normalized spacial score (nSPS) is 12.4. The number of carbonyl (C=O) groups excluding carboxylic acids is 2. The Kier molecular flexibility index (Phi) is 6.61. The van der Waals surface area contributed by atoms with E-state index in [1.165, 1.54) is 0 Å². The minimum Gasteiger partial charge on any atom is -0.460 e. The van der Waals surface area contributed by atoms with Crippen LogP contribution in [0.4, 0.5) is 0 Å². The number of halogens is 1. The van der Waals surface area contributed by atoms with Gasteiger partial charge in [-0.1, -0.05) is 15.9 Å². The van der Waals surface area contributed by atoms with Gasteiger partial charge in [0.25, 0.3) is 5.91 Å². The van der Waals surface area contributed by atoms with Crippen LogP contribution in [0.15, 0.2) is 27.1 Å². The standard InChI is InChI=1S/C18H23BrN2O4/c1-5-24-18(23)17-14(9-21(4)10-16(22)20-11(2)3)13-8-12(19)6-7-15(13)25-17/h6-8,11H,5,9-10H2,1-4H3,(H,20,22)/p+1. The topological polar surface area (TPSA) is 73.0 Å². The second-order valence-corrected chi connectivity index (χ2v) is 7.22. The molecule has 0 aliphatic heterocycles. The Labute approximate surface area is 155 Å². The van der Waals surface area contributed by atoms with Gasteiger partial charge >= 0.3 is 5.97 Å². The molecule has 1 aromatic heterocycles. The molecule has 1 atom stereocenters. The Morgan fingerprint density at radius 3 is 2.72 bits per heavy atom. The summed E-state index contributed by atoms with van der Waals surface area (Å²) in [6, 6.07) is 5.68. The molecule has 1 unspecified atom stereocenters. The Morgan fingerprint density at radius 1 is 1.36 bits per heavy atom. The van der Waals surface area contributed by atoms with E-state index in [1.807, 2.05) is 39.1 Å². The molecule has 2 rings (SSSR count). The molecule has 25 heavy (non-hydrogen) atoms. The number of amides is 1. The predicted octanol–water partition coefficient (Wildman–Crippen LogP) is 1.91. The molecule has 0 radical (unpaired) electrons. The number of fused-ring (bicyclic) bond motifs is 1. The van der Waals surface area contributed by atoms with Crippen LogP contribution in [0.5, 0.6) is 0 Å². The van der Waals surface area contributed by atoms with Crippen LogP contribution in [-0.2, 0) is 16.1 Å². The van der Waals surface area contributed by atoms with Gasteiger partial charge in [0.05, 0.1) is 19.2 Å². The number of ether oxygens (including phenoxy) is 1. The third-order valence-corrected chi connectivity index (χ3v) is 4.10. The molecule has 0 fully saturated rings. The van der Waals surface area contributed by atoms with Gasteiger partial charge in [0.15, 0.2) is 6.54 Å². The average Bonchev–Trinajstić information content (AvgIpc) is 2.84. The highest BCUT2D eigenvalue weighted by molar-refractivity contribution is 9.10. The quantitative estimate of drug-likeness (QED) is 0.682. The molecule has 1 aromatic carbocycles. The number of benzene rings is 1. The van der Waals surface area contributed by atoms with Crippen molar-refractivity contribution in [3.63, 3.8) is 0 Å². The summed E-state index contributed by atoms with van der Waals surface area (Å²) in [5, 5.41) is 3.72. The van der Waals surface area contributed by atoms with Crippen molar-refractivity contribution in [3.8, 4) is 0 Å². The number of hydrogen-bond acceptors (Lipinski definition) is 4.